The molecule has 4 nitrogen and oxygen atoms in total. The van der Waals surface area contributed by atoms with E-state index in [2.05, 4.69) is 4.98 Å². The summed E-state index contributed by atoms with van der Waals surface area (Å²) in [4.78, 5) is 29.7. The lowest BCUT2D eigenvalue weighted by Crippen LogP contribution is -2.19. The smallest absolute Gasteiger partial charge is 0.237 e. The van der Waals surface area contributed by atoms with Gasteiger partial charge >= 0.3 is 0 Å². The number of fused-ring (bicyclic) bond motifs is 2. The monoisotopic (exact) mass is 281 g/mol. The molecule has 0 radical (unpaired) electrons. The Morgan fingerprint density at radius 1 is 0.950 bits per heavy atom. The van der Waals surface area contributed by atoms with Crippen LogP contribution in [0.5, 0.6) is 0 Å². The Kier molecular flexibility index (Phi) is 2.25. The summed E-state index contributed by atoms with van der Waals surface area (Å²) in [7, 11) is 0. The van der Waals surface area contributed by atoms with Gasteiger partial charge in [0, 0.05) is 11.1 Å². The highest BCUT2D eigenvalue weighted by Gasteiger charge is 2.35. The summed E-state index contributed by atoms with van der Waals surface area (Å²) in [6.07, 6.45) is 0. The average molecular weight is 281 g/mol. The van der Waals surface area contributed by atoms with E-state index in [9.17, 15) is 9.59 Å². The molecule has 1 aliphatic rings. The first-order chi connectivity index (χ1) is 9.75. The molecule has 0 N–H and O–H groups in total. The van der Waals surface area contributed by atoms with E-state index >= 15 is 0 Å². The molecule has 2 aromatic heterocycles. The molecule has 0 saturated carbocycles. The van der Waals surface area contributed by atoms with Crippen molar-refractivity contribution in [2.45, 2.75) is 0 Å². The highest BCUT2D eigenvalue weighted by atomic mass is 32.1. The van der Waals surface area contributed by atoms with Crippen LogP contribution in [0.15, 0.2) is 46.2 Å². The van der Waals surface area contributed by atoms with Crippen molar-refractivity contribution in [3.05, 3.63) is 64.4 Å². The SMILES string of the molecule is O=C1c2ccccc2C(=O)c2oc(-c3cccs3)nc21. The van der Waals surface area contributed by atoms with Gasteiger partial charge in [0.2, 0.25) is 23.2 Å². The third kappa shape index (κ3) is 1.44. The zero-order chi connectivity index (χ0) is 13.7. The summed E-state index contributed by atoms with van der Waals surface area (Å²) in [5, 5.41) is 1.89. The number of carbonyl (C=O) groups is 2. The van der Waals surface area contributed by atoms with Gasteiger partial charge in [-0.1, -0.05) is 30.3 Å². The van der Waals surface area contributed by atoms with Crippen LogP contribution in [0.1, 0.15) is 32.2 Å². The second-order valence-corrected chi connectivity index (χ2v) is 5.33. The van der Waals surface area contributed by atoms with Crippen LogP contribution in [-0.2, 0) is 0 Å². The second-order valence-electron chi connectivity index (χ2n) is 4.38. The minimum absolute atomic E-state index is 0.0390. The largest absolute Gasteiger partial charge is 0.431 e. The Labute approximate surface area is 117 Å². The molecule has 5 heteroatoms. The molecule has 1 aliphatic carbocycles. The van der Waals surface area contributed by atoms with E-state index in [4.69, 9.17) is 4.42 Å². The molecule has 0 saturated heterocycles. The molecule has 20 heavy (non-hydrogen) atoms. The first-order valence-electron chi connectivity index (χ1n) is 5.99. The summed E-state index contributed by atoms with van der Waals surface area (Å²) in [5.74, 6) is -0.191. The molecule has 0 fully saturated rings. The van der Waals surface area contributed by atoms with Crippen molar-refractivity contribution < 1.29 is 14.0 Å². The molecule has 0 bridgehead atoms. The lowest BCUT2D eigenvalue weighted by molar-refractivity contribution is 0.0959. The van der Waals surface area contributed by atoms with Crippen molar-refractivity contribution in [3.63, 3.8) is 0 Å². The average Bonchev–Trinajstić information content (AvgIpc) is 3.13. The Morgan fingerprint density at radius 2 is 1.70 bits per heavy atom. The van der Waals surface area contributed by atoms with Gasteiger partial charge in [-0.3, -0.25) is 9.59 Å². The van der Waals surface area contributed by atoms with Gasteiger partial charge in [-0.05, 0) is 11.4 Å². The minimum atomic E-state index is -0.287. The quantitative estimate of drug-likeness (QED) is 0.537. The maximum absolute atomic E-state index is 12.4. The number of thiophene rings is 1. The van der Waals surface area contributed by atoms with E-state index < -0.39 is 0 Å². The fraction of sp³-hybridized carbons (Fsp3) is 0. The molecule has 2 heterocycles. The van der Waals surface area contributed by atoms with Gasteiger partial charge in [-0.15, -0.1) is 11.3 Å². The van der Waals surface area contributed by atoms with E-state index in [0.29, 0.717) is 17.0 Å². The molecule has 3 aromatic rings. The predicted molar refractivity (Wildman–Crippen MR) is 73.1 cm³/mol. The van der Waals surface area contributed by atoms with Crippen molar-refractivity contribution in [2.24, 2.45) is 0 Å². The second kappa shape index (κ2) is 3.98. The Balaban J connectivity index is 1.94. The van der Waals surface area contributed by atoms with Gasteiger partial charge in [0.05, 0.1) is 4.88 Å². The van der Waals surface area contributed by atoms with Crippen LogP contribution < -0.4 is 0 Å². The first kappa shape index (κ1) is 11.3. The highest BCUT2D eigenvalue weighted by molar-refractivity contribution is 7.13. The number of carbonyl (C=O) groups excluding carboxylic acids is 2. The predicted octanol–water partition coefficient (Wildman–Crippen LogP) is 3.18. The van der Waals surface area contributed by atoms with Gasteiger partial charge in [0.1, 0.15) is 0 Å². The van der Waals surface area contributed by atoms with Crippen LogP contribution in [-0.4, -0.2) is 16.6 Å². The summed E-state index contributed by atoms with van der Waals surface area (Å²) >= 11 is 1.45. The Hall–Kier alpha value is -2.53. The summed E-state index contributed by atoms with van der Waals surface area (Å²) in [6.45, 7) is 0. The fourth-order valence-corrected chi connectivity index (χ4v) is 2.91. The molecular weight excluding hydrogens is 274 g/mol. The fourth-order valence-electron chi connectivity index (χ4n) is 2.26. The number of aromatic nitrogens is 1. The van der Waals surface area contributed by atoms with E-state index in [1.165, 1.54) is 11.3 Å². The maximum Gasteiger partial charge on any atom is 0.237 e. The molecule has 0 unspecified atom stereocenters. The molecule has 0 aliphatic heterocycles. The molecular formula is C15H7NO3S. The van der Waals surface area contributed by atoms with Crippen molar-refractivity contribution in [1.82, 2.24) is 4.98 Å². The van der Waals surface area contributed by atoms with Crippen LogP contribution in [0.4, 0.5) is 0 Å². The standard InChI is InChI=1S/C15H7NO3S/c17-12-8-4-1-2-5-9(8)13(18)14-11(12)16-15(19-14)10-6-3-7-20-10/h1-7H. The lowest BCUT2D eigenvalue weighted by Gasteiger charge is -2.10. The first-order valence-corrected chi connectivity index (χ1v) is 6.87. The normalized spacial score (nSPS) is 13.2. The summed E-state index contributed by atoms with van der Waals surface area (Å²) in [6, 6.07) is 10.4. The molecule has 0 spiro atoms. The third-order valence-corrected chi connectivity index (χ3v) is 4.05. The minimum Gasteiger partial charge on any atom is -0.431 e. The number of rotatable bonds is 1. The van der Waals surface area contributed by atoms with Gasteiger partial charge in [0.25, 0.3) is 0 Å². The highest BCUT2D eigenvalue weighted by Crippen LogP contribution is 2.32. The number of oxazole rings is 1. The number of nitrogens with zero attached hydrogens (tertiary/aromatic N) is 1. The van der Waals surface area contributed by atoms with E-state index in [0.717, 1.165) is 4.88 Å². The van der Waals surface area contributed by atoms with E-state index in [1.54, 1.807) is 24.3 Å². The van der Waals surface area contributed by atoms with Crippen LogP contribution in [0.25, 0.3) is 10.8 Å². The molecule has 1 aromatic carbocycles. The van der Waals surface area contributed by atoms with E-state index in [1.807, 2.05) is 17.5 Å². The number of hydrogen-bond donors (Lipinski definition) is 0. The van der Waals surface area contributed by atoms with E-state index in [-0.39, 0.29) is 23.0 Å². The third-order valence-electron chi connectivity index (χ3n) is 3.20. The van der Waals surface area contributed by atoms with Crippen molar-refractivity contribution in [3.8, 4) is 10.8 Å². The molecule has 0 amide bonds. The van der Waals surface area contributed by atoms with Crippen LogP contribution in [0.3, 0.4) is 0 Å². The van der Waals surface area contributed by atoms with Gasteiger partial charge in [0.15, 0.2) is 5.69 Å². The number of hydrogen-bond acceptors (Lipinski definition) is 5. The number of ketones is 2. The van der Waals surface area contributed by atoms with Gasteiger partial charge < -0.3 is 4.42 Å². The van der Waals surface area contributed by atoms with Crippen LogP contribution in [0, 0.1) is 0 Å². The Bertz CT molecular complexity index is 793. The molecule has 96 valence electrons. The maximum atomic E-state index is 12.4. The zero-order valence-electron chi connectivity index (χ0n) is 10.1. The number of benzene rings is 1. The van der Waals surface area contributed by atoms with Crippen LogP contribution >= 0.6 is 11.3 Å². The topological polar surface area (TPSA) is 60.2 Å². The zero-order valence-corrected chi connectivity index (χ0v) is 10.9. The van der Waals surface area contributed by atoms with Gasteiger partial charge in [-0.2, -0.15) is 0 Å². The van der Waals surface area contributed by atoms with Gasteiger partial charge in [-0.25, -0.2) is 4.98 Å². The molecule has 0 atom stereocenters. The summed E-state index contributed by atoms with van der Waals surface area (Å²) in [5.41, 5.74) is 0.868. The Morgan fingerprint density at radius 3 is 2.40 bits per heavy atom. The van der Waals surface area contributed by atoms with Crippen molar-refractivity contribution in [1.29, 1.82) is 0 Å². The molecule has 4 rings (SSSR count). The van der Waals surface area contributed by atoms with Crippen molar-refractivity contribution in [2.75, 3.05) is 0 Å². The summed E-state index contributed by atoms with van der Waals surface area (Å²) < 4.78 is 5.52. The lowest BCUT2D eigenvalue weighted by atomic mass is 9.91. The van der Waals surface area contributed by atoms with Crippen LogP contribution in [0.2, 0.25) is 0 Å². The van der Waals surface area contributed by atoms with Crippen molar-refractivity contribution >= 4 is 22.9 Å².